The number of nitrogens with zero attached hydrogens (tertiary/aromatic N) is 2. The van der Waals surface area contributed by atoms with Crippen molar-refractivity contribution in [2.24, 2.45) is 5.92 Å². The maximum Gasteiger partial charge on any atom is 0.225 e. The molecular formula is C21H27N3O2S. The van der Waals surface area contributed by atoms with E-state index in [1.54, 1.807) is 11.3 Å². The lowest BCUT2D eigenvalue weighted by Gasteiger charge is -2.25. The lowest BCUT2D eigenvalue weighted by molar-refractivity contribution is -0.130. The highest BCUT2D eigenvalue weighted by Gasteiger charge is 2.36. The van der Waals surface area contributed by atoms with Gasteiger partial charge in [-0.3, -0.25) is 9.59 Å². The van der Waals surface area contributed by atoms with Crippen molar-refractivity contribution in [3.63, 3.8) is 0 Å². The third-order valence-electron chi connectivity index (χ3n) is 5.08. The summed E-state index contributed by atoms with van der Waals surface area (Å²) in [6.07, 6.45) is 1.02. The molecule has 0 saturated carbocycles. The summed E-state index contributed by atoms with van der Waals surface area (Å²) in [7, 11) is 0. The Morgan fingerprint density at radius 1 is 1.30 bits per heavy atom. The first-order valence-corrected chi connectivity index (χ1v) is 10.4. The lowest BCUT2D eigenvalue weighted by Crippen LogP contribution is -2.34. The molecule has 6 heteroatoms. The van der Waals surface area contributed by atoms with Gasteiger partial charge in [0, 0.05) is 31.3 Å². The van der Waals surface area contributed by atoms with Gasteiger partial charge in [-0.15, -0.1) is 11.3 Å². The topological polar surface area (TPSA) is 62.3 Å². The van der Waals surface area contributed by atoms with Crippen LogP contribution in [0.2, 0.25) is 0 Å². The van der Waals surface area contributed by atoms with Crippen molar-refractivity contribution in [2.45, 2.75) is 45.6 Å². The summed E-state index contributed by atoms with van der Waals surface area (Å²) in [6, 6.07) is 9.93. The average Bonchev–Trinajstić information content (AvgIpc) is 3.29. The molecule has 0 radical (unpaired) electrons. The molecule has 1 fully saturated rings. The molecule has 1 aliphatic rings. The summed E-state index contributed by atoms with van der Waals surface area (Å²) in [5, 5.41) is 6.11. The van der Waals surface area contributed by atoms with E-state index in [0.29, 0.717) is 19.0 Å². The van der Waals surface area contributed by atoms with Crippen LogP contribution >= 0.6 is 11.3 Å². The SMILES string of the molecule is CC(C)c1csc(CCNC(=O)C2CC(=O)N(C(C)c3ccccc3)C2)n1. The average molecular weight is 386 g/mol. The maximum absolute atomic E-state index is 12.5. The summed E-state index contributed by atoms with van der Waals surface area (Å²) in [5.74, 6) is 0.164. The van der Waals surface area contributed by atoms with Crippen molar-refractivity contribution in [3.05, 3.63) is 52.0 Å². The molecule has 1 aromatic heterocycles. The second kappa shape index (κ2) is 8.65. The van der Waals surface area contributed by atoms with E-state index in [1.807, 2.05) is 42.2 Å². The largest absolute Gasteiger partial charge is 0.355 e. The summed E-state index contributed by atoms with van der Waals surface area (Å²) in [6.45, 7) is 7.31. The molecule has 1 aliphatic heterocycles. The van der Waals surface area contributed by atoms with E-state index in [4.69, 9.17) is 0 Å². The molecule has 0 bridgehead atoms. The maximum atomic E-state index is 12.5. The van der Waals surface area contributed by atoms with Gasteiger partial charge in [0.1, 0.15) is 0 Å². The molecule has 2 aromatic rings. The molecule has 1 aromatic carbocycles. The second-order valence-electron chi connectivity index (χ2n) is 7.40. The first kappa shape index (κ1) is 19.5. The van der Waals surface area contributed by atoms with Gasteiger partial charge in [-0.25, -0.2) is 4.98 Å². The fourth-order valence-corrected chi connectivity index (χ4v) is 4.29. The molecule has 27 heavy (non-hydrogen) atoms. The van der Waals surface area contributed by atoms with Crippen LogP contribution in [0.25, 0.3) is 0 Å². The van der Waals surface area contributed by atoms with Gasteiger partial charge >= 0.3 is 0 Å². The van der Waals surface area contributed by atoms with E-state index in [1.165, 1.54) is 0 Å². The van der Waals surface area contributed by atoms with Crippen LogP contribution in [0, 0.1) is 5.92 Å². The summed E-state index contributed by atoms with van der Waals surface area (Å²) in [5.41, 5.74) is 2.20. The van der Waals surface area contributed by atoms with Crippen LogP contribution in [-0.4, -0.2) is 34.8 Å². The van der Waals surface area contributed by atoms with Crippen LogP contribution in [0.4, 0.5) is 0 Å². The van der Waals surface area contributed by atoms with Crippen molar-refractivity contribution in [1.82, 2.24) is 15.2 Å². The highest BCUT2D eigenvalue weighted by molar-refractivity contribution is 7.09. The highest BCUT2D eigenvalue weighted by atomic mass is 32.1. The summed E-state index contributed by atoms with van der Waals surface area (Å²) < 4.78 is 0. The fraction of sp³-hybridized carbons (Fsp3) is 0.476. The van der Waals surface area contributed by atoms with E-state index in [-0.39, 0.29) is 30.2 Å². The number of nitrogens with one attached hydrogen (secondary N) is 1. The van der Waals surface area contributed by atoms with Crippen LogP contribution in [0.15, 0.2) is 35.7 Å². The van der Waals surface area contributed by atoms with Crippen LogP contribution in [0.1, 0.15) is 55.4 Å². The third-order valence-corrected chi connectivity index (χ3v) is 6.00. The minimum atomic E-state index is -0.272. The predicted molar refractivity (Wildman–Crippen MR) is 108 cm³/mol. The Bertz CT molecular complexity index is 788. The molecule has 0 aliphatic carbocycles. The van der Waals surface area contributed by atoms with E-state index < -0.39 is 0 Å². The molecule has 2 unspecified atom stereocenters. The predicted octanol–water partition coefficient (Wildman–Crippen LogP) is 3.53. The van der Waals surface area contributed by atoms with Gasteiger partial charge in [-0.05, 0) is 18.4 Å². The smallest absolute Gasteiger partial charge is 0.225 e. The molecule has 144 valence electrons. The quantitative estimate of drug-likeness (QED) is 0.793. The lowest BCUT2D eigenvalue weighted by atomic mass is 10.1. The van der Waals surface area contributed by atoms with Crippen LogP contribution in [-0.2, 0) is 16.0 Å². The van der Waals surface area contributed by atoms with Crippen molar-refractivity contribution in [1.29, 1.82) is 0 Å². The van der Waals surface area contributed by atoms with Crippen LogP contribution in [0.3, 0.4) is 0 Å². The summed E-state index contributed by atoms with van der Waals surface area (Å²) >= 11 is 1.64. The fourth-order valence-electron chi connectivity index (χ4n) is 3.34. The Balaban J connectivity index is 1.50. The zero-order valence-corrected chi connectivity index (χ0v) is 17.0. The van der Waals surface area contributed by atoms with Gasteiger partial charge < -0.3 is 10.2 Å². The Kier molecular flexibility index (Phi) is 6.26. The van der Waals surface area contributed by atoms with Gasteiger partial charge in [0.2, 0.25) is 11.8 Å². The normalized spacial score (nSPS) is 18.1. The van der Waals surface area contributed by atoms with Crippen LogP contribution < -0.4 is 5.32 Å². The minimum absolute atomic E-state index is 0.0127. The first-order chi connectivity index (χ1) is 13.0. The number of benzene rings is 1. The van der Waals surface area contributed by atoms with Gasteiger partial charge in [0.05, 0.1) is 22.7 Å². The Morgan fingerprint density at radius 2 is 2.04 bits per heavy atom. The Hall–Kier alpha value is -2.21. The molecule has 3 rings (SSSR count). The number of hydrogen-bond donors (Lipinski definition) is 1. The van der Waals surface area contributed by atoms with E-state index >= 15 is 0 Å². The molecule has 5 nitrogen and oxygen atoms in total. The molecule has 2 atom stereocenters. The third kappa shape index (κ3) is 4.75. The number of amides is 2. The highest BCUT2D eigenvalue weighted by Crippen LogP contribution is 2.28. The zero-order valence-electron chi connectivity index (χ0n) is 16.1. The molecular weight excluding hydrogens is 358 g/mol. The second-order valence-corrected chi connectivity index (χ2v) is 8.34. The number of hydrogen-bond acceptors (Lipinski definition) is 4. The number of rotatable bonds is 7. The van der Waals surface area contributed by atoms with Gasteiger partial charge in [0.25, 0.3) is 0 Å². The van der Waals surface area contributed by atoms with E-state index in [2.05, 4.69) is 29.5 Å². The van der Waals surface area contributed by atoms with Crippen LogP contribution in [0.5, 0.6) is 0 Å². The standard InChI is InChI=1S/C21H27N3O2S/c1-14(2)18-13-27-19(23-18)9-10-22-21(26)17-11-20(25)24(12-17)15(3)16-7-5-4-6-8-16/h4-8,13-15,17H,9-12H2,1-3H3,(H,22,26). The van der Waals surface area contributed by atoms with E-state index in [0.717, 1.165) is 22.7 Å². The number of likely N-dealkylation sites (tertiary alicyclic amines) is 1. The monoisotopic (exact) mass is 385 g/mol. The van der Waals surface area contributed by atoms with Crippen molar-refractivity contribution in [3.8, 4) is 0 Å². The Labute approximate surface area is 164 Å². The number of carbonyl (C=O) groups is 2. The Morgan fingerprint density at radius 3 is 2.70 bits per heavy atom. The van der Waals surface area contributed by atoms with Crippen molar-refractivity contribution < 1.29 is 9.59 Å². The van der Waals surface area contributed by atoms with Gasteiger partial charge in [-0.1, -0.05) is 44.2 Å². The van der Waals surface area contributed by atoms with Gasteiger partial charge in [0.15, 0.2) is 0 Å². The molecule has 2 amide bonds. The van der Waals surface area contributed by atoms with Gasteiger partial charge in [-0.2, -0.15) is 0 Å². The molecule has 2 heterocycles. The number of thiazole rings is 1. The summed E-state index contributed by atoms with van der Waals surface area (Å²) in [4.78, 5) is 31.3. The van der Waals surface area contributed by atoms with Crippen molar-refractivity contribution in [2.75, 3.05) is 13.1 Å². The first-order valence-electron chi connectivity index (χ1n) is 9.52. The molecule has 1 N–H and O–H groups in total. The number of aromatic nitrogens is 1. The zero-order chi connectivity index (χ0) is 19.4. The molecule has 0 spiro atoms. The minimum Gasteiger partial charge on any atom is -0.355 e. The number of carbonyl (C=O) groups excluding carboxylic acids is 2. The van der Waals surface area contributed by atoms with E-state index in [9.17, 15) is 9.59 Å². The molecule has 1 saturated heterocycles. The van der Waals surface area contributed by atoms with Crippen molar-refractivity contribution >= 4 is 23.2 Å².